The van der Waals surface area contributed by atoms with Crippen molar-refractivity contribution in [3.05, 3.63) is 23.5 Å². The molecule has 0 aliphatic heterocycles. The van der Waals surface area contributed by atoms with Gasteiger partial charge in [-0.1, -0.05) is 0 Å². The fourth-order valence-electron chi connectivity index (χ4n) is 1.79. The summed E-state index contributed by atoms with van der Waals surface area (Å²) in [6, 6.07) is 0.808. The van der Waals surface area contributed by atoms with Gasteiger partial charge in [0.25, 0.3) is 0 Å². The van der Waals surface area contributed by atoms with Gasteiger partial charge < -0.3 is 5.73 Å². The topological polar surface area (TPSA) is 63.4 Å². The zero-order valence-corrected chi connectivity index (χ0v) is 12.5. The van der Waals surface area contributed by atoms with Gasteiger partial charge in [-0.15, -0.1) is 0 Å². The number of aryl methyl sites for hydroxylation is 1. The molecule has 0 radical (unpaired) electrons. The van der Waals surface area contributed by atoms with E-state index in [-0.39, 0.29) is 5.56 Å². The van der Waals surface area contributed by atoms with Gasteiger partial charge in [-0.25, -0.2) is 12.8 Å². The summed E-state index contributed by atoms with van der Waals surface area (Å²) < 4.78 is 76.0. The Bertz CT molecular complexity index is 627. The number of sulfonamides is 1. The lowest BCUT2D eigenvalue weighted by Crippen LogP contribution is -2.43. The quantitative estimate of drug-likeness (QED) is 0.683. The molecule has 2 N–H and O–H groups in total. The van der Waals surface area contributed by atoms with Crippen LogP contribution in [0.15, 0.2) is 17.0 Å². The molecule has 0 atom stereocenters. The summed E-state index contributed by atoms with van der Waals surface area (Å²) in [5, 5.41) is 0. The van der Waals surface area contributed by atoms with Gasteiger partial charge in [-0.05, 0) is 38.5 Å². The molecular weight excluding hydrogens is 312 g/mol. The fourth-order valence-corrected chi connectivity index (χ4v) is 3.66. The SMILES string of the molecule is Cc1cc(F)c(N)cc1S(=O)(=O)N(CC(F)(F)F)C(C)C. The van der Waals surface area contributed by atoms with Crippen LogP contribution in [0, 0.1) is 12.7 Å². The Morgan fingerprint density at radius 3 is 2.24 bits per heavy atom. The largest absolute Gasteiger partial charge is 0.402 e. The number of hydrogen-bond acceptors (Lipinski definition) is 3. The fraction of sp³-hybridized carbons (Fsp3) is 0.500. The Hall–Kier alpha value is -1.35. The zero-order chi connectivity index (χ0) is 16.6. The van der Waals surface area contributed by atoms with Crippen molar-refractivity contribution in [3.63, 3.8) is 0 Å². The third-order valence-electron chi connectivity index (χ3n) is 2.79. The van der Waals surface area contributed by atoms with E-state index in [1.807, 2.05) is 0 Å². The summed E-state index contributed by atoms with van der Waals surface area (Å²) in [5.41, 5.74) is 4.87. The van der Waals surface area contributed by atoms with Gasteiger partial charge in [-0.3, -0.25) is 0 Å². The van der Waals surface area contributed by atoms with E-state index in [0.29, 0.717) is 4.31 Å². The number of halogens is 4. The molecule has 1 rings (SSSR count). The first-order chi connectivity index (χ1) is 9.36. The second-order valence-corrected chi connectivity index (χ2v) is 6.76. The molecule has 0 heterocycles. The number of benzene rings is 1. The lowest BCUT2D eigenvalue weighted by atomic mass is 10.2. The maximum absolute atomic E-state index is 13.3. The summed E-state index contributed by atoms with van der Waals surface area (Å²) in [6.07, 6.45) is -4.68. The number of anilines is 1. The van der Waals surface area contributed by atoms with Crippen LogP contribution < -0.4 is 5.73 Å². The third kappa shape index (κ3) is 4.07. The van der Waals surface area contributed by atoms with Crippen molar-refractivity contribution < 1.29 is 26.0 Å². The van der Waals surface area contributed by atoms with Crippen LogP contribution in [0.3, 0.4) is 0 Å². The van der Waals surface area contributed by atoms with Crippen molar-refractivity contribution in [2.75, 3.05) is 12.3 Å². The van der Waals surface area contributed by atoms with E-state index in [4.69, 9.17) is 5.73 Å². The monoisotopic (exact) mass is 328 g/mol. The van der Waals surface area contributed by atoms with Crippen LogP contribution in [-0.4, -0.2) is 31.5 Å². The second-order valence-electron chi connectivity index (χ2n) is 4.90. The highest BCUT2D eigenvalue weighted by Gasteiger charge is 2.39. The van der Waals surface area contributed by atoms with Crippen LogP contribution in [0.5, 0.6) is 0 Å². The number of hydrogen-bond donors (Lipinski definition) is 1. The molecule has 0 amide bonds. The average molecular weight is 328 g/mol. The van der Waals surface area contributed by atoms with Gasteiger partial charge in [0.05, 0.1) is 10.6 Å². The first-order valence-corrected chi connectivity index (χ1v) is 7.44. The number of nitrogen functional groups attached to an aromatic ring is 1. The van der Waals surface area contributed by atoms with Crippen molar-refractivity contribution in [1.82, 2.24) is 4.31 Å². The van der Waals surface area contributed by atoms with Gasteiger partial charge in [0.2, 0.25) is 10.0 Å². The Kier molecular flexibility index (Phi) is 4.89. The molecule has 1 aromatic rings. The summed E-state index contributed by atoms with van der Waals surface area (Å²) in [4.78, 5) is -0.431. The molecule has 0 aliphatic rings. The second kappa shape index (κ2) is 5.80. The van der Waals surface area contributed by atoms with Gasteiger partial charge in [0, 0.05) is 6.04 Å². The molecule has 0 aliphatic carbocycles. The lowest BCUT2D eigenvalue weighted by Gasteiger charge is -2.27. The maximum atomic E-state index is 13.3. The highest BCUT2D eigenvalue weighted by Crippen LogP contribution is 2.28. The molecular formula is C12H16F4N2O2S. The average Bonchev–Trinajstić information content (AvgIpc) is 2.29. The van der Waals surface area contributed by atoms with Crippen LogP contribution in [-0.2, 0) is 10.0 Å². The first-order valence-electron chi connectivity index (χ1n) is 6.00. The molecule has 9 heteroatoms. The number of nitrogens with zero attached hydrogens (tertiary/aromatic N) is 1. The van der Waals surface area contributed by atoms with Crippen LogP contribution in [0.1, 0.15) is 19.4 Å². The summed E-state index contributed by atoms with van der Waals surface area (Å²) in [6.45, 7) is 2.32. The number of rotatable bonds is 4. The van der Waals surface area contributed by atoms with E-state index in [9.17, 15) is 26.0 Å². The molecule has 1 aromatic carbocycles. The summed E-state index contributed by atoms with van der Waals surface area (Å²) >= 11 is 0. The molecule has 0 spiro atoms. The normalized spacial score (nSPS) is 13.2. The molecule has 21 heavy (non-hydrogen) atoms. The number of alkyl halides is 3. The minimum atomic E-state index is -4.68. The Labute approximate surface area is 120 Å². The molecule has 0 fully saturated rings. The van der Waals surface area contributed by atoms with Crippen LogP contribution >= 0.6 is 0 Å². The van der Waals surface area contributed by atoms with E-state index in [2.05, 4.69) is 0 Å². The van der Waals surface area contributed by atoms with Crippen LogP contribution in [0.25, 0.3) is 0 Å². The minimum Gasteiger partial charge on any atom is -0.396 e. The first kappa shape index (κ1) is 17.7. The van der Waals surface area contributed by atoms with Gasteiger partial charge >= 0.3 is 6.18 Å². The number of nitrogens with two attached hydrogens (primary N) is 1. The lowest BCUT2D eigenvalue weighted by molar-refractivity contribution is -0.138. The highest BCUT2D eigenvalue weighted by atomic mass is 32.2. The van der Waals surface area contributed by atoms with Crippen LogP contribution in [0.4, 0.5) is 23.2 Å². The van der Waals surface area contributed by atoms with Crippen molar-refractivity contribution >= 4 is 15.7 Å². The minimum absolute atomic E-state index is 0.00507. The van der Waals surface area contributed by atoms with Gasteiger partial charge in [-0.2, -0.15) is 17.5 Å². The van der Waals surface area contributed by atoms with E-state index >= 15 is 0 Å². The third-order valence-corrected chi connectivity index (χ3v) is 4.96. The van der Waals surface area contributed by atoms with E-state index in [1.165, 1.54) is 20.8 Å². The molecule has 4 nitrogen and oxygen atoms in total. The summed E-state index contributed by atoms with van der Waals surface area (Å²) in [7, 11) is -4.44. The predicted octanol–water partition coefficient (Wildman–Crippen LogP) is 2.68. The van der Waals surface area contributed by atoms with E-state index < -0.39 is 45.2 Å². The highest BCUT2D eigenvalue weighted by molar-refractivity contribution is 7.89. The Morgan fingerprint density at radius 2 is 1.81 bits per heavy atom. The van der Waals surface area contributed by atoms with E-state index in [0.717, 1.165) is 12.1 Å². The molecule has 0 saturated carbocycles. The van der Waals surface area contributed by atoms with Crippen molar-refractivity contribution in [3.8, 4) is 0 Å². The molecule has 0 unspecified atom stereocenters. The smallest absolute Gasteiger partial charge is 0.396 e. The van der Waals surface area contributed by atoms with Crippen LogP contribution in [0.2, 0.25) is 0 Å². The Morgan fingerprint density at radius 1 is 1.29 bits per heavy atom. The zero-order valence-electron chi connectivity index (χ0n) is 11.7. The Balaban J connectivity index is 3.40. The molecule has 120 valence electrons. The molecule has 0 bridgehead atoms. The molecule has 0 aromatic heterocycles. The summed E-state index contributed by atoms with van der Waals surface area (Å²) in [5.74, 6) is -0.821. The van der Waals surface area contributed by atoms with E-state index in [1.54, 1.807) is 0 Å². The standard InChI is InChI=1S/C12H16F4N2O2S/c1-7(2)18(6-12(14,15)16)21(19,20)11-5-10(17)9(13)4-8(11)3/h4-5,7H,6,17H2,1-3H3. The van der Waals surface area contributed by atoms with Gasteiger partial charge in [0.15, 0.2) is 0 Å². The van der Waals surface area contributed by atoms with Crippen molar-refractivity contribution in [2.24, 2.45) is 0 Å². The molecule has 0 saturated heterocycles. The van der Waals surface area contributed by atoms with Gasteiger partial charge in [0.1, 0.15) is 12.4 Å². The van der Waals surface area contributed by atoms with Crippen molar-refractivity contribution in [1.29, 1.82) is 0 Å². The predicted molar refractivity (Wildman–Crippen MR) is 70.6 cm³/mol. The maximum Gasteiger partial charge on any atom is 0.402 e. The van der Waals surface area contributed by atoms with Crippen molar-refractivity contribution in [2.45, 2.75) is 37.9 Å².